The fraction of sp³-hybridized carbons (Fsp3) is 0.524. The molecule has 1 N–H and O–H groups in total. The zero-order chi connectivity index (χ0) is 19.2. The number of hydrogen-bond donors (Lipinski definition) is 1. The van der Waals surface area contributed by atoms with Gasteiger partial charge in [-0.25, -0.2) is 0 Å². The number of ether oxygens (including phenoxy) is 1. The molecular formula is C21H29N3O3. The SMILES string of the molecule is CCOc1ccccc1/C=C/C(=O)N1CCN(C(C)C(=O)NC2CC2)CC1. The van der Waals surface area contributed by atoms with Crippen molar-refractivity contribution >= 4 is 17.9 Å². The summed E-state index contributed by atoms with van der Waals surface area (Å²) in [6.45, 7) is 7.18. The van der Waals surface area contributed by atoms with E-state index in [0.29, 0.717) is 38.8 Å². The van der Waals surface area contributed by atoms with Crippen LogP contribution in [0.15, 0.2) is 30.3 Å². The topological polar surface area (TPSA) is 61.9 Å². The van der Waals surface area contributed by atoms with E-state index in [1.807, 2.05) is 49.1 Å². The van der Waals surface area contributed by atoms with Gasteiger partial charge in [-0.2, -0.15) is 0 Å². The Morgan fingerprint density at radius 2 is 1.93 bits per heavy atom. The molecular weight excluding hydrogens is 342 g/mol. The predicted octanol–water partition coefficient (Wildman–Crippen LogP) is 1.91. The Balaban J connectivity index is 1.50. The van der Waals surface area contributed by atoms with Crippen LogP contribution in [0.2, 0.25) is 0 Å². The van der Waals surface area contributed by atoms with Crippen molar-refractivity contribution in [1.29, 1.82) is 0 Å². The quantitative estimate of drug-likeness (QED) is 0.744. The number of para-hydroxylation sites is 1. The highest BCUT2D eigenvalue weighted by molar-refractivity contribution is 5.92. The zero-order valence-electron chi connectivity index (χ0n) is 16.2. The molecule has 1 saturated carbocycles. The number of carbonyl (C=O) groups excluding carboxylic acids is 2. The first-order valence-electron chi connectivity index (χ1n) is 9.81. The molecule has 1 aromatic carbocycles. The minimum Gasteiger partial charge on any atom is -0.493 e. The lowest BCUT2D eigenvalue weighted by Crippen LogP contribution is -2.55. The molecule has 0 aromatic heterocycles. The second kappa shape index (κ2) is 9.04. The lowest BCUT2D eigenvalue weighted by molar-refractivity contribution is -0.130. The molecule has 2 aliphatic rings. The van der Waals surface area contributed by atoms with Gasteiger partial charge in [0.1, 0.15) is 5.75 Å². The van der Waals surface area contributed by atoms with Crippen molar-refractivity contribution in [2.75, 3.05) is 32.8 Å². The van der Waals surface area contributed by atoms with Crippen LogP contribution in [0.5, 0.6) is 5.75 Å². The molecule has 0 radical (unpaired) electrons. The monoisotopic (exact) mass is 371 g/mol. The molecule has 1 aromatic rings. The van der Waals surface area contributed by atoms with E-state index in [1.165, 1.54) is 0 Å². The summed E-state index contributed by atoms with van der Waals surface area (Å²) in [5, 5.41) is 3.05. The van der Waals surface area contributed by atoms with E-state index in [4.69, 9.17) is 4.74 Å². The van der Waals surface area contributed by atoms with Gasteiger partial charge in [0.15, 0.2) is 0 Å². The van der Waals surface area contributed by atoms with Crippen molar-refractivity contribution in [3.05, 3.63) is 35.9 Å². The molecule has 1 aliphatic carbocycles. The molecule has 3 rings (SSSR count). The number of benzene rings is 1. The molecule has 0 bridgehead atoms. The van der Waals surface area contributed by atoms with Crippen LogP contribution in [-0.2, 0) is 9.59 Å². The average molecular weight is 371 g/mol. The summed E-state index contributed by atoms with van der Waals surface area (Å²) in [4.78, 5) is 28.7. The third-order valence-corrected chi connectivity index (χ3v) is 5.10. The van der Waals surface area contributed by atoms with Crippen LogP contribution < -0.4 is 10.1 Å². The Labute approximate surface area is 161 Å². The first-order chi connectivity index (χ1) is 13.1. The summed E-state index contributed by atoms with van der Waals surface area (Å²) >= 11 is 0. The Hall–Kier alpha value is -2.34. The van der Waals surface area contributed by atoms with Gasteiger partial charge >= 0.3 is 0 Å². The standard InChI is InChI=1S/C21H29N3O3/c1-3-27-19-7-5-4-6-17(19)8-11-20(25)24-14-12-23(13-15-24)16(2)21(26)22-18-9-10-18/h4-8,11,16,18H,3,9-10,12-15H2,1-2H3,(H,22,26)/b11-8+. The zero-order valence-corrected chi connectivity index (χ0v) is 16.2. The summed E-state index contributed by atoms with van der Waals surface area (Å²) in [7, 11) is 0. The van der Waals surface area contributed by atoms with E-state index >= 15 is 0 Å². The second-order valence-corrected chi connectivity index (χ2v) is 7.12. The molecule has 1 heterocycles. The molecule has 146 valence electrons. The lowest BCUT2D eigenvalue weighted by atomic mass is 10.1. The number of hydrogen-bond acceptors (Lipinski definition) is 4. The molecule has 6 nitrogen and oxygen atoms in total. The highest BCUT2D eigenvalue weighted by atomic mass is 16.5. The summed E-state index contributed by atoms with van der Waals surface area (Å²) < 4.78 is 5.59. The first kappa shape index (κ1) is 19.4. The summed E-state index contributed by atoms with van der Waals surface area (Å²) in [6.07, 6.45) is 5.61. The van der Waals surface area contributed by atoms with E-state index in [0.717, 1.165) is 24.2 Å². The third-order valence-electron chi connectivity index (χ3n) is 5.10. The van der Waals surface area contributed by atoms with Crippen LogP contribution in [-0.4, -0.2) is 66.5 Å². The van der Waals surface area contributed by atoms with Gasteiger partial charge in [0, 0.05) is 43.9 Å². The van der Waals surface area contributed by atoms with Gasteiger partial charge in [-0.15, -0.1) is 0 Å². The fourth-order valence-corrected chi connectivity index (χ4v) is 3.22. The predicted molar refractivity (Wildman–Crippen MR) is 105 cm³/mol. The second-order valence-electron chi connectivity index (χ2n) is 7.12. The summed E-state index contributed by atoms with van der Waals surface area (Å²) in [5.41, 5.74) is 0.900. The Kier molecular flexibility index (Phi) is 6.50. The maximum Gasteiger partial charge on any atom is 0.246 e. The molecule has 6 heteroatoms. The molecule has 27 heavy (non-hydrogen) atoms. The van der Waals surface area contributed by atoms with Gasteiger partial charge in [0.05, 0.1) is 12.6 Å². The highest BCUT2D eigenvalue weighted by Crippen LogP contribution is 2.20. The molecule has 1 unspecified atom stereocenters. The van der Waals surface area contributed by atoms with Crippen molar-refractivity contribution in [3.63, 3.8) is 0 Å². The molecule has 1 aliphatic heterocycles. The van der Waals surface area contributed by atoms with Gasteiger partial charge in [0.25, 0.3) is 0 Å². The normalized spacial score (nSPS) is 19.1. The van der Waals surface area contributed by atoms with Crippen molar-refractivity contribution in [3.8, 4) is 5.75 Å². The molecule has 2 amide bonds. The minimum atomic E-state index is -0.142. The Morgan fingerprint density at radius 1 is 1.22 bits per heavy atom. The Morgan fingerprint density at radius 3 is 2.59 bits per heavy atom. The number of rotatable bonds is 7. The molecule has 0 spiro atoms. The van der Waals surface area contributed by atoms with Crippen LogP contribution in [0.4, 0.5) is 0 Å². The number of amides is 2. The number of carbonyl (C=O) groups is 2. The van der Waals surface area contributed by atoms with Gasteiger partial charge in [-0.05, 0) is 38.8 Å². The smallest absolute Gasteiger partial charge is 0.246 e. The van der Waals surface area contributed by atoms with E-state index < -0.39 is 0 Å². The lowest BCUT2D eigenvalue weighted by Gasteiger charge is -2.37. The van der Waals surface area contributed by atoms with E-state index in [-0.39, 0.29) is 17.9 Å². The highest BCUT2D eigenvalue weighted by Gasteiger charge is 2.30. The van der Waals surface area contributed by atoms with Crippen LogP contribution in [0.25, 0.3) is 6.08 Å². The van der Waals surface area contributed by atoms with Crippen LogP contribution >= 0.6 is 0 Å². The van der Waals surface area contributed by atoms with Gasteiger partial charge < -0.3 is 15.0 Å². The van der Waals surface area contributed by atoms with Crippen molar-refractivity contribution in [1.82, 2.24) is 15.1 Å². The van der Waals surface area contributed by atoms with Gasteiger partial charge in [0.2, 0.25) is 11.8 Å². The van der Waals surface area contributed by atoms with Gasteiger partial charge in [-0.3, -0.25) is 14.5 Å². The van der Waals surface area contributed by atoms with E-state index in [1.54, 1.807) is 6.08 Å². The molecule has 1 saturated heterocycles. The molecule has 1 atom stereocenters. The summed E-state index contributed by atoms with van der Waals surface area (Å²) in [6, 6.07) is 7.93. The first-order valence-corrected chi connectivity index (χ1v) is 9.81. The number of piperazine rings is 1. The largest absolute Gasteiger partial charge is 0.493 e. The molecule has 2 fully saturated rings. The van der Waals surface area contributed by atoms with Crippen LogP contribution in [0.3, 0.4) is 0 Å². The van der Waals surface area contributed by atoms with E-state index in [2.05, 4.69) is 10.2 Å². The fourth-order valence-electron chi connectivity index (χ4n) is 3.22. The number of nitrogens with one attached hydrogen (secondary N) is 1. The van der Waals surface area contributed by atoms with Crippen molar-refractivity contribution < 1.29 is 14.3 Å². The number of nitrogens with zero attached hydrogens (tertiary/aromatic N) is 2. The Bertz CT molecular complexity index is 692. The maximum atomic E-state index is 12.5. The van der Waals surface area contributed by atoms with Crippen LogP contribution in [0, 0.1) is 0 Å². The average Bonchev–Trinajstić information content (AvgIpc) is 3.51. The third kappa shape index (κ3) is 5.32. The summed E-state index contributed by atoms with van der Waals surface area (Å²) in [5.74, 6) is 0.880. The van der Waals surface area contributed by atoms with Gasteiger partial charge in [-0.1, -0.05) is 18.2 Å². The van der Waals surface area contributed by atoms with E-state index in [9.17, 15) is 9.59 Å². The van der Waals surface area contributed by atoms with Crippen molar-refractivity contribution in [2.45, 2.75) is 38.8 Å². The maximum absolute atomic E-state index is 12.5. The van der Waals surface area contributed by atoms with Crippen molar-refractivity contribution in [2.24, 2.45) is 0 Å². The minimum absolute atomic E-state index is 0.00367. The van der Waals surface area contributed by atoms with Crippen LogP contribution in [0.1, 0.15) is 32.3 Å².